The molecule has 0 fully saturated rings. The van der Waals surface area contributed by atoms with Crippen LogP contribution in [-0.2, 0) is 0 Å². The number of hydrogen-bond donors (Lipinski definition) is 1. The van der Waals surface area contributed by atoms with E-state index in [1.165, 1.54) is 10.9 Å². The molecule has 1 aliphatic heterocycles. The highest BCUT2D eigenvalue weighted by Gasteiger charge is 2.19. The van der Waals surface area contributed by atoms with Crippen LogP contribution in [-0.4, -0.2) is 0 Å². The van der Waals surface area contributed by atoms with Gasteiger partial charge < -0.3 is 0 Å². The Balaban J connectivity index is 2.70. The van der Waals surface area contributed by atoms with Crippen molar-refractivity contribution >= 4 is 19.1 Å². The Labute approximate surface area is 60.7 Å². The average molecular weight is 148 g/mol. The molecule has 0 bridgehead atoms. The maximum absolute atomic E-state index is 7.59. The summed E-state index contributed by atoms with van der Waals surface area (Å²) >= 11 is 0. The molecule has 0 radical (unpaired) electrons. The van der Waals surface area contributed by atoms with Crippen molar-refractivity contribution in [3.8, 4) is 0 Å². The summed E-state index contributed by atoms with van der Waals surface area (Å²) < 4.78 is 0. The molecule has 2 heteroatoms. The minimum atomic E-state index is -0.711. The minimum Gasteiger partial charge on any atom is -0.114 e. The number of benzene rings is 1. The number of nitrogens with one attached hydrogen (secondary N) is 1. The fourth-order valence-electron chi connectivity index (χ4n) is 1.08. The van der Waals surface area contributed by atoms with Gasteiger partial charge in [0, 0.05) is 5.56 Å². The number of hydrogen-bond acceptors (Lipinski definition) is 1. The molecule has 48 valence electrons. The highest BCUT2D eigenvalue weighted by Crippen LogP contribution is 2.31. The van der Waals surface area contributed by atoms with Gasteiger partial charge >= 0.3 is 0 Å². The zero-order chi connectivity index (χ0) is 6.97. The molecule has 1 aromatic rings. The first kappa shape index (κ1) is 5.82. The lowest BCUT2D eigenvalue weighted by Crippen LogP contribution is -1.94. The van der Waals surface area contributed by atoms with E-state index in [1.807, 2.05) is 30.1 Å². The van der Waals surface area contributed by atoms with Gasteiger partial charge in [-0.2, -0.15) is 0 Å². The molecule has 0 aromatic heterocycles. The van der Waals surface area contributed by atoms with E-state index in [1.54, 1.807) is 0 Å². The SMILES string of the molecule is N=[P+]1C=Cc2ccccc21. The van der Waals surface area contributed by atoms with E-state index in [-0.39, 0.29) is 0 Å². The highest BCUT2D eigenvalue weighted by molar-refractivity contribution is 7.58. The lowest BCUT2D eigenvalue weighted by atomic mass is 10.2. The van der Waals surface area contributed by atoms with E-state index < -0.39 is 7.71 Å². The second kappa shape index (κ2) is 2.03. The molecule has 2 rings (SSSR count). The van der Waals surface area contributed by atoms with Gasteiger partial charge in [0.2, 0.25) is 0 Å². The van der Waals surface area contributed by atoms with Crippen molar-refractivity contribution in [2.45, 2.75) is 0 Å². The molecular formula is C8H7NP+. The first-order valence-electron chi connectivity index (χ1n) is 3.15. The zero-order valence-electron chi connectivity index (χ0n) is 5.41. The van der Waals surface area contributed by atoms with E-state index in [4.69, 9.17) is 5.16 Å². The first-order valence-corrected chi connectivity index (χ1v) is 4.57. The molecule has 0 amide bonds. The summed E-state index contributed by atoms with van der Waals surface area (Å²) in [6, 6.07) is 8.10. The van der Waals surface area contributed by atoms with Crippen LogP contribution in [0.2, 0.25) is 0 Å². The molecule has 1 aromatic carbocycles. The standard InChI is InChI=1S/C8H7NP/c9-10-6-5-7-3-1-2-4-8(7)10/h1-6,9H/q+1. The topological polar surface area (TPSA) is 23.9 Å². The van der Waals surface area contributed by atoms with Crippen LogP contribution >= 0.6 is 7.71 Å². The fourth-order valence-corrected chi connectivity index (χ4v) is 2.23. The van der Waals surface area contributed by atoms with Crippen LogP contribution in [0.1, 0.15) is 5.56 Å². The zero-order valence-corrected chi connectivity index (χ0v) is 6.31. The Morgan fingerprint density at radius 3 is 2.80 bits per heavy atom. The van der Waals surface area contributed by atoms with Gasteiger partial charge in [-0.15, -0.1) is 5.16 Å². The van der Waals surface area contributed by atoms with Crippen molar-refractivity contribution in [3.05, 3.63) is 35.6 Å². The summed E-state index contributed by atoms with van der Waals surface area (Å²) in [7, 11) is -0.711. The van der Waals surface area contributed by atoms with E-state index in [9.17, 15) is 0 Å². The second-order valence-corrected chi connectivity index (χ2v) is 3.76. The van der Waals surface area contributed by atoms with E-state index >= 15 is 0 Å². The van der Waals surface area contributed by atoms with Crippen LogP contribution in [0.25, 0.3) is 6.08 Å². The van der Waals surface area contributed by atoms with Crippen molar-refractivity contribution in [2.24, 2.45) is 0 Å². The lowest BCUT2D eigenvalue weighted by Gasteiger charge is -1.85. The molecule has 1 N–H and O–H groups in total. The molecule has 0 aliphatic carbocycles. The van der Waals surface area contributed by atoms with Crippen LogP contribution in [0.15, 0.2) is 30.1 Å². The van der Waals surface area contributed by atoms with Crippen LogP contribution in [0.3, 0.4) is 0 Å². The van der Waals surface area contributed by atoms with Gasteiger partial charge in [0.25, 0.3) is 7.71 Å². The molecule has 1 aliphatic rings. The van der Waals surface area contributed by atoms with Gasteiger partial charge in [0.05, 0.1) is 0 Å². The quantitative estimate of drug-likeness (QED) is 0.546. The number of fused-ring (bicyclic) bond motifs is 1. The molecule has 1 unspecified atom stereocenters. The van der Waals surface area contributed by atoms with E-state index in [0.29, 0.717) is 0 Å². The normalized spacial score (nSPS) is 17.4. The van der Waals surface area contributed by atoms with Crippen LogP contribution < -0.4 is 5.30 Å². The Morgan fingerprint density at radius 1 is 1.20 bits per heavy atom. The summed E-state index contributed by atoms with van der Waals surface area (Å²) in [6.45, 7) is 0. The van der Waals surface area contributed by atoms with Crippen LogP contribution in [0.5, 0.6) is 0 Å². The molecule has 1 atom stereocenters. The molecule has 0 spiro atoms. The molecule has 0 saturated carbocycles. The fraction of sp³-hybridized carbons (Fsp3) is 0. The van der Waals surface area contributed by atoms with Gasteiger partial charge in [-0.05, 0) is 12.1 Å². The Hall–Kier alpha value is -0.940. The van der Waals surface area contributed by atoms with E-state index in [0.717, 1.165) is 0 Å². The van der Waals surface area contributed by atoms with Crippen molar-refractivity contribution in [2.75, 3.05) is 0 Å². The molecule has 1 heterocycles. The summed E-state index contributed by atoms with van der Waals surface area (Å²) in [4.78, 5) is 0. The Morgan fingerprint density at radius 2 is 2.00 bits per heavy atom. The Bertz CT molecular complexity index is 315. The molecule has 0 saturated heterocycles. The summed E-state index contributed by atoms with van der Waals surface area (Å²) in [5, 5.41) is 8.78. The predicted molar refractivity (Wildman–Crippen MR) is 44.7 cm³/mol. The van der Waals surface area contributed by atoms with Crippen molar-refractivity contribution in [1.82, 2.24) is 0 Å². The lowest BCUT2D eigenvalue weighted by molar-refractivity contribution is 1.63. The van der Waals surface area contributed by atoms with Gasteiger partial charge in [-0.3, -0.25) is 0 Å². The van der Waals surface area contributed by atoms with Crippen LogP contribution in [0, 0.1) is 5.16 Å². The van der Waals surface area contributed by atoms with Gasteiger partial charge in [0.1, 0.15) is 5.82 Å². The van der Waals surface area contributed by atoms with Crippen LogP contribution in [0.4, 0.5) is 0 Å². The predicted octanol–water partition coefficient (Wildman–Crippen LogP) is 2.54. The van der Waals surface area contributed by atoms with Crippen molar-refractivity contribution in [3.63, 3.8) is 0 Å². The molecule has 1 nitrogen and oxygen atoms in total. The largest absolute Gasteiger partial charge is 0.266 e. The summed E-state index contributed by atoms with van der Waals surface area (Å²) in [5.74, 6) is 1.97. The maximum atomic E-state index is 7.59. The third-order valence-corrected chi connectivity index (χ3v) is 2.97. The highest BCUT2D eigenvalue weighted by atomic mass is 31.1. The van der Waals surface area contributed by atoms with Crippen molar-refractivity contribution in [1.29, 1.82) is 5.16 Å². The Kier molecular flexibility index (Phi) is 1.18. The smallest absolute Gasteiger partial charge is 0.114 e. The van der Waals surface area contributed by atoms with Gasteiger partial charge in [-0.1, -0.05) is 18.2 Å². The minimum absolute atomic E-state index is 0.711. The molecule has 10 heavy (non-hydrogen) atoms. The van der Waals surface area contributed by atoms with Gasteiger partial charge in [0.15, 0.2) is 5.30 Å². The van der Waals surface area contributed by atoms with Crippen molar-refractivity contribution < 1.29 is 0 Å². The number of rotatable bonds is 0. The average Bonchev–Trinajstić information content (AvgIpc) is 2.34. The summed E-state index contributed by atoms with van der Waals surface area (Å²) in [5.41, 5.74) is 1.23. The second-order valence-electron chi connectivity index (χ2n) is 2.24. The summed E-state index contributed by atoms with van der Waals surface area (Å²) in [6.07, 6.45) is 2.04. The first-order chi connectivity index (χ1) is 4.88. The molecular weight excluding hydrogens is 141 g/mol. The van der Waals surface area contributed by atoms with Gasteiger partial charge in [-0.25, -0.2) is 0 Å². The third kappa shape index (κ3) is 0.714. The maximum Gasteiger partial charge on any atom is 0.266 e. The monoisotopic (exact) mass is 148 g/mol. The third-order valence-electron chi connectivity index (χ3n) is 1.60. The van der Waals surface area contributed by atoms with E-state index in [2.05, 4.69) is 6.07 Å².